The molecule has 2 aromatic rings. The fourth-order valence-corrected chi connectivity index (χ4v) is 1.04. The van der Waals surface area contributed by atoms with E-state index < -0.39 is 0 Å². The Morgan fingerprint density at radius 3 is 3.15 bits per heavy atom. The Kier molecular flexibility index (Phi) is 1.94. The highest BCUT2D eigenvalue weighted by Crippen LogP contribution is 2.17. The van der Waals surface area contributed by atoms with Crippen LogP contribution in [0.4, 0.5) is 0 Å². The molecule has 0 saturated carbocycles. The van der Waals surface area contributed by atoms with E-state index in [0.717, 1.165) is 6.42 Å². The summed E-state index contributed by atoms with van der Waals surface area (Å²) in [5.74, 6) is 0.526. The van der Waals surface area contributed by atoms with E-state index in [1.807, 2.05) is 6.92 Å². The van der Waals surface area contributed by atoms with E-state index in [4.69, 9.17) is 10.2 Å². The molecule has 0 aliphatic carbocycles. The lowest BCUT2D eigenvalue weighted by molar-refractivity contribution is 0.461. The monoisotopic (exact) mass is 178 g/mol. The van der Waals surface area contributed by atoms with Crippen LogP contribution in [-0.4, -0.2) is 15.2 Å². The molecule has 0 spiro atoms. The molecule has 5 nitrogen and oxygen atoms in total. The lowest BCUT2D eigenvalue weighted by atomic mass is 10.2. The van der Waals surface area contributed by atoms with E-state index in [0.29, 0.717) is 17.1 Å². The molecule has 2 heterocycles. The van der Waals surface area contributed by atoms with Gasteiger partial charge in [-0.1, -0.05) is 6.92 Å². The molecular formula is C8H10N4O. The van der Waals surface area contributed by atoms with Gasteiger partial charge in [0, 0.05) is 0 Å². The summed E-state index contributed by atoms with van der Waals surface area (Å²) < 4.78 is 5.31. The van der Waals surface area contributed by atoms with Crippen molar-refractivity contribution < 1.29 is 4.42 Å². The molecule has 2 aromatic heterocycles. The maximum Gasteiger partial charge on any atom is 0.266 e. The number of aromatic nitrogens is 3. The second-order valence-electron chi connectivity index (χ2n) is 2.79. The predicted octanol–water partition coefficient (Wildman–Crippen LogP) is 1.03. The van der Waals surface area contributed by atoms with Gasteiger partial charge in [-0.2, -0.15) is 5.10 Å². The Hall–Kier alpha value is -1.49. The summed E-state index contributed by atoms with van der Waals surface area (Å²) in [4.78, 5) is 4.19. The molecule has 13 heavy (non-hydrogen) atoms. The number of rotatable bonds is 2. The van der Waals surface area contributed by atoms with E-state index in [9.17, 15) is 0 Å². The number of nitrogens with two attached hydrogens (primary N) is 1. The molecule has 0 radical (unpaired) electrons. The molecule has 0 aliphatic rings. The van der Waals surface area contributed by atoms with Crippen molar-refractivity contribution in [2.24, 2.45) is 5.73 Å². The van der Waals surface area contributed by atoms with E-state index in [2.05, 4.69) is 15.2 Å². The number of fused-ring (bicyclic) bond motifs is 1. The molecule has 68 valence electrons. The SMILES string of the molecule is CCC(N)c1nc2ccnnc2o1. The van der Waals surface area contributed by atoms with Gasteiger partial charge < -0.3 is 10.2 Å². The summed E-state index contributed by atoms with van der Waals surface area (Å²) in [7, 11) is 0. The van der Waals surface area contributed by atoms with Crippen molar-refractivity contribution in [2.45, 2.75) is 19.4 Å². The van der Waals surface area contributed by atoms with Crippen LogP contribution in [-0.2, 0) is 0 Å². The highest BCUT2D eigenvalue weighted by molar-refractivity contribution is 5.66. The minimum absolute atomic E-state index is 0.158. The number of nitrogens with zero attached hydrogens (tertiary/aromatic N) is 3. The van der Waals surface area contributed by atoms with Gasteiger partial charge in [-0.3, -0.25) is 0 Å². The van der Waals surface area contributed by atoms with Crippen LogP contribution < -0.4 is 5.73 Å². The zero-order chi connectivity index (χ0) is 9.26. The van der Waals surface area contributed by atoms with Crippen LogP contribution in [0.3, 0.4) is 0 Å². The van der Waals surface area contributed by atoms with Gasteiger partial charge in [-0.05, 0) is 12.5 Å². The van der Waals surface area contributed by atoms with Crippen LogP contribution in [0, 0.1) is 0 Å². The van der Waals surface area contributed by atoms with Gasteiger partial charge in [0.05, 0.1) is 12.2 Å². The smallest absolute Gasteiger partial charge is 0.266 e. The van der Waals surface area contributed by atoms with Crippen LogP contribution >= 0.6 is 0 Å². The fourth-order valence-electron chi connectivity index (χ4n) is 1.04. The quantitative estimate of drug-likeness (QED) is 0.743. The van der Waals surface area contributed by atoms with Crippen LogP contribution in [0.15, 0.2) is 16.7 Å². The Morgan fingerprint density at radius 2 is 2.46 bits per heavy atom. The first-order valence-electron chi connectivity index (χ1n) is 4.15. The van der Waals surface area contributed by atoms with E-state index in [1.54, 1.807) is 12.3 Å². The molecular weight excluding hydrogens is 168 g/mol. The van der Waals surface area contributed by atoms with Crippen LogP contribution in [0.1, 0.15) is 25.3 Å². The second-order valence-corrected chi connectivity index (χ2v) is 2.79. The molecule has 0 saturated heterocycles. The van der Waals surface area contributed by atoms with Crippen molar-refractivity contribution in [1.29, 1.82) is 0 Å². The zero-order valence-electron chi connectivity index (χ0n) is 7.27. The Balaban J connectivity index is 2.49. The van der Waals surface area contributed by atoms with Crippen LogP contribution in [0.2, 0.25) is 0 Å². The highest BCUT2D eigenvalue weighted by atomic mass is 16.4. The van der Waals surface area contributed by atoms with Crippen molar-refractivity contribution in [2.75, 3.05) is 0 Å². The molecule has 1 unspecified atom stereocenters. The van der Waals surface area contributed by atoms with Crippen molar-refractivity contribution in [3.8, 4) is 0 Å². The third-order valence-electron chi connectivity index (χ3n) is 1.86. The summed E-state index contributed by atoms with van der Waals surface area (Å²) in [5.41, 5.74) is 6.90. The third kappa shape index (κ3) is 1.38. The average Bonchev–Trinajstić information content (AvgIpc) is 2.59. The number of hydrogen-bond acceptors (Lipinski definition) is 5. The third-order valence-corrected chi connectivity index (χ3v) is 1.86. The molecule has 5 heteroatoms. The maximum absolute atomic E-state index is 5.75. The van der Waals surface area contributed by atoms with Gasteiger partial charge in [0.2, 0.25) is 5.89 Å². The fraction of sp³-hybridized carbons (Fsp3) is 0.375. The first-order valence-corrected chi connectivity index (χ1v) is 4.15. The molecule has 1 atom stereocenters. The Labute approximate surface area is 75.0 Å². The summed E-state index contributed by atoms with van der Waals surface area (Å²) in [5, 5.41) is 7.47. The molecule has 0 amide bonds. The van der Waals surface area contributed by atoms with Gasteiger partial charge in [0.1, 0.15) is 5.52 Å². The molecule has 0 bridgehead atoms. The number of hydrogen-bond donors (Lipinski definition) is 1. The van der Waals surface area contributed by atoms with Crippen LogP contribution in [0.25, 0.3) is 11.2 Å². The van der Waals surface area contributed by atoms with Crippen molar-refractivity contribution in [1.82, 2.24) is 15.2 Å². The lowest BCUT2D eigenvalue weighted by Crippen LogP contribution is -2.08. The van der Waals surface area contributed by atoms with Gasteiger partial charge >= 0.3 is 0 Å². The maximum atomic E-state index is 5.75. The normalized spacial score (nSPS) is 13.4. The van der Waals surface area contributed by atoms with Gasteiger partial charge in [0.25, 0.3) is 5.71 Å². The average molecular weight is 178 g/mol. The van der Waals surface area contributed by atoms with Crippen molar-refractivity contribution in [3.05, 3.63) is 18.2 Å². The predicted molar refractivity (Wildman–Crippen MR) is 46.8 cm³/mol. The van der Waals surface area contributed by atoms with Gasteiger partial charge in [0.15, 0.2) is 0 Å². The van der Waals surface area contributed by atoms with Gasteiger partial charge in [-0.25, -0.2) is 4.98 Å². The summed E-state index contributed by atoms with van der Waals surface area (Å²) in [6.07, 6.45) is 2.37. The zero-order valence-corrected chi connectivity index (χ0v) is 7.27. The molecule has 0 fully saturated rings. The lowest BCUT2D eigenvalue weighted by Gasteiger charge is -1.99. The van der Waals surface area contributed by atoms with Crippen molar-refractivity contribution >= 4 is 11.2 Å². The van der Waals surface area contributed by atoms with E-state index >= 15 is 0 Å². The first kappa shape index (κ1) is 8.12. The first-order chi connectivity index (χ1) is 6.31. The molecule has 2 N–H and O–H groups in total. The second kappa shape index (κ2) is 3.10. The van der Waals surface area contributed by atoms with E-state index in [-0.39, 0.29) is 6.04 Å². The summed E-state index contributed by atoms with van der Waals surface area (Å²) in [6.45, 7) is 1.98. The molecule has 2 rings (SSSR count). The standard InChI is InChI=1S/C8H10N4O/c1-2-5(9)7-11-6-3-4-10-12-8(6)13-7/h3-5H,2,9H2,1H3. The Morgan fingerprint density at radius 1 is 1.62 bits per heavy atom. The minimum Gasteiger partial charge on any atom is -0.419 e. The molecule has 0 aromatic carbocycles. The van der Waals surface area contributed by atoms with Crippen molar-refractivity contribution in [3.63, 3.8) is 0 Å². The Bertz CT molecular complexity index is 378. The summed E-state index contributed by atoms with van der Waals surface area (Å²) >= 11 is 0. The van der Waals surface area contributed by atoms with Crippen LogP contribution in [0.5, 0.6) is 0 Å². The topological polar surface area (TPSA) is 77.8 Å². The highest BCUT2D eigenvalue weighted by Gasteiger charge is 2.12. The number of oxazole rings is 1. The minimum atomic E-state index is -0.158. The van der Waals surface area contributed by atoms with Gasteiger partial charge in [-0.15, -0.1) is 5.10 Å². The summed E-state index contributed by atoms with van der Waals surface area (Å²) in [6, 6.07) is 1.59. The largest absolute Gasteiger partial charge is 0.419 e. The van der Waals surface area contributed by atoms with E-state index in [1.165, 1.54) is 0 Å². The molecule has 0 aliphatic heterocycles.